The molecule has 1 aromatic carbocycles. The minimum absolute atomic E-state index is 0.111. The minimum atomic E-state index is -0.111. The SMILES string of the molecule is COc1ccccc1Cc1noc(C2CCCC(=O)N2C)n1. The van der Waals surface area contributed by atoms with Gasteiger partial charge < -0.3 is 14.2 Å². The summed E-state index contributed by atoms with van der Waals surface area (Å²) < 4.78 is 10.7. The van der Waals surface area contributed by atoms with Crippen LogP contribution in [0, 0.1) is 0 Å². The number of hydrogen-bond acceptors (Lipinski definition) is 5. The van der Waals surface area contributed by atoms with Gasteiger partial charge in [0.2, 0.25) is 11.8 Å². The zero-order chi connectivity index (χ0) is 15.5. The van der Waals surface area contributed by atoms with E-state index in [0.717, 1.165) is 24.2 Å². The third-order valence-corrected chi connectivity index (χ3v) is 4.04. The van der Waals surface area contributed by atoms with Crippen molar-refractivity contribution in [1.29, 1.82) is 0 Å². The molecule has 0 saturated carbocycles. The van der Waals surface area contributed by atoms with Crippen LogP contribution in [0.15, 0.2) is 28.8 Å². The Labute approximate surface area is 129 Å². The number of likely N-dealkylation sites (tertiary alicyclic amines) is 1. The zero-order valence-electron chi connectivity index (χ0n) is 12.8. The van der Waals surface area contributed by atoms with Gasteiger partial charge in [0.1, 0.15) is 11.8 Å². The first-order valence-electron chi connectivity index (χ1n) is 7.39. The van der Waals surface area contributed by atoms with Gasteiger partial charge >= 0.3 is 0 Å². The molecule has 2 heterocycles. The Balaban J connectivity index is 1.78. The number of piperidine rings is 1. The molecule has 0 N–H and O–H groups in total. The second-order valence-electron chi connectivity index (χ2n) is 5.45. The fraction of sp³-hybridized carbons (Fsp3) is 0.438. The summed E-state index contributed by atoms with van der Waals surface area (Å²) in [6, 6.07) is 7.65. The molecule has 1 atom stereocenters. The lowest BCUT2D eigenvalue weighted by molar-refractivity contribution is -0.135. The quantitative estimate of drug-likeness (QED) is 0.867. The Morgan fingerprint density at radius 2 is 2.23 bits per heavy atom. The number of benzene rings is 1. The van der Waals surface area contributed by atoms with E-state index in [0.29, 0.717) is 24.6 Å². The first-order valence-corrected chi connectivity index (χ1v) is 7.39. The van der Waals surface area contributed by atoms with Crippen LogP contribution < -0.4 is 4.74 Å². The summed E-state index contributed by atoms with van der Waals surface area (Å²) >= 11 is 0. The molecule has 1 aromatic heterocycles. The number of ether oxygens (including phenoxy) is 1. The Hall–Kier alpha value is -2.37. The molecule has 22 heavy (non-hydrogen) atoms. The molecule has 1 aliphatic rings. The van der Waals surface area contributed by atoms with Crippen molar-refractivity contribution in [1.82, 2.24) is 15.0 Å². The largest absolute Gasteiger partial charge is 0.496 e. The van der Waals surface area contributed by atoms with E-state index >= 15 is 0 Å². The molecule has 6 heteroatoms. The Kier molecular flexibility index (Phi) is 4.09. The first kappa shape index (κ1) is 14.6. The molecule has 1 fully saturated rings. The molecule has 6 nitrogen and oxygen atoms in total. The average molecular weight is 301 g/mol. The van der Waals surface area contributed by atoms with Gasteiger partial charge in [0.05, 0.1) is 7.11 Å². The van der Waals surface area contributed by atoms with E-state index in [-0.39, 0.29) is 11.9 Å². The second-order valence-corrected chi connectivity index (χ2v) is 5.45. The third kappa shape index (κ3) is 2.81. The van der Waals surface area contributed by atoms with Crippen LogP contribution in [0.1, 0.15) is 42.6 Å². The molecule has 116 valence electrons. The maximum Gasteiger partial charge on any atom is 0.249 e. The van der Waals surface area contributed by atoms with Gasteiger partial charge in [0, 0.05) is 25.5 Å². The van der Waals surface area contributed by atoms with Crippen LogP contribution in [0.2, 0.25) is 0 Å². The van der Waals surface area contributed by atoms with E-state index in [4.69, 9.17) is 9.26 Å². The van der Waals surface area contributed by atoms with Crippen LogP contribution in [-0.4, -0.2) is 35.1 Å². The molecule has 1 unspecified atom stereocenters. The molecule has 0 radical (unpaired) electrons. The summed E-state index contributed by atoms with van der Waals surface area (Å²) in [4.78, 5) is 17.9. The van der Waals surface area contributed by atoms with Crippen molar-refractivity contribution in [2.24, 2.45) is 0 Å². The monoisotopic (exact) mass is 301 g/mol. The van der Waals surface area contributed by atoms with Crippen molar-refractivity contribution >= 4 is 5.91 Å². The highest BCUT2D eigenvalue weighted by atomic mass is 16.5. The van der Waals surface area contributed by atoms with Gasteiger partial charge in [-0.2, -0.15) is 4.98 Å². The molecule has 0 spiro atoms. The number of para-hydroxylation sites is 1. The molecular formula is C16H19N3O3. The summed E-state index contributed by atoms with van der Waals surface area (Å²) in [6.45, 7) is 0. The molecule has 0 bridgehead atoms. The van der Waals surface area contributed by atoms with Crippen LogP contribution in [0.5, 0.6) is 5.75 Å². The number of hydrogen-bond donors (Lipinski definition) is 0. The predicted molar refractivity (Wildman–Crippen MR) is 79.5 cm³/mol. The van der Waals surface area contributed by atoms with E-state index in [1.165, 1.54) is 0 Å². The Bertz CT molecular complexity index is 668. The van der Waals surface area contributed by atoms with Crippen molar-refractivity contribution in [3.05, 3.63) is 41.5 Å². The van der Waals surface area contributed by atoms with E-state index < -0.39 is 0 Å². The van der Waals surface area contributed by atoms with Gasteiger partial charge in [-0.3, -0.25) is 4.79 Å². The lowest BCUT2D eigenvalue weighted by Crippen LogP contribution is -2.34. The van der Waals surface area contributed by atoms with Gasteiger partial charge in [0.25, 0.3) is 0 Å². The zero-order valence-corrected chi connectivity index (χ0v) is 12.8. The summed E-state index contributed by atoms with van der Waals surface area (Å²) in [7, 11) is 3.43. The van der Waals surface area contributed by atoms with E-state index in [1.54, 1.807) is 19.1 Å². The lowest BCUT2D eigenvalue weighted by atomic mass is 10.0. The first-order chi connectivity index (χ1) is 10.7. The summed E-state index contributed by atoms with van der Waals surface area (Å²) in [5.74, 6) is 2.05. The number of carbonyl (C=O) groups excluding carboxylic acids is 1. The minimum Gasteiger partial charge on any atom is -0.496 e. The second kappa shape index (κ2) is 6.17. The Morgan fingerprint density at radius 3 is 3.05 bits per heavy atom. The number of rotatable bonds is 4. The molecule has 1 aliphatic heterocycles. The summed E-state index contributed by atoms with van der Waals surface area (Å²) in [5, 5.41) is 4.04. The maximum atomic E-state index is 11.8. The number of carbonyl (C=O) groups is 1. The van der Waals surface area contributed by atoms with Gasteiger partial charge in [-0.05, 0) is 18.9 Å². The predicted octanol–water partition coefficient (Wildman–Crippen LogP) is 2.35. The molecular weight excluding hydrogens is 282 g/mol. The smallest absolute Gasteiger partial charge is 0.249 e. The number of methoxy groups -OCH3 is 1. The van der Waals surface area contributed by atoms with E-state index in [9.17, 15) is 4.79 Å². The highest BCUT2D eigenvalue weighted by Gasteiger charge is 2.30. The molecule has 1 saturated heterocycles. The van der Waals surface area contributed by atoms with E-state index in [2.05, 4.69) is 10.1 Å². The van der Waals surface area contributed by atoms with E-state index in [1.807, 2.05) is 24.3 Å². The van der Waals surface area contributed by atoms with Crippen LogP contribution in [0.25, 0.3) is 0 Å². The lowest BCUT2D eigenvalue weighted by Gasteiger charge is -2.29. The van der Waals surface area contributed by atoms with Gasteiger partial charge in [-0.25, -0.2) is 0 Å². The summed E-state index contributed by atoms with van der Waals surface area (Å²) in [5.41, 5.74) is 1.01. The number of aromatic nitrogens is 2. The molecule has 0 aliphatic carbocycles. The number of amides is 1. The highest BCUT2D eigenvalue weighted by molar-refractivity contribution is 5.77. The maximum absolute atomic E-state index is 11.8. The van der Waals surface area contributed by atoms with Crippen LogP contribution in [0.3, 0.4) is 0 Å². The topological polar surface area (TPSA) is 68.5 Å². The van der Waals surface area contributed by atoms with Crippen LogP contribution >= 0.6 is 0 Å². The van der Waals surface area contributed by atoms with Crippen molar-refractivity contribution in [3.63, 3.8) is 0 Å². The third-order valence-electron chi connectivity index (χ3n) is 4.04. The standard InChI is InChI=1S/C16H19N3O3/c1-19-12(7-5-9-15(19)20)16-17-14(18-22-16)10-11-6-3-4-8-13(11)21-2/h3-4,6,8,12H,5,7,9-10H2,1-2H3. The average Bonchev–Trinajstić information content (AvgIpc) is 2.99. The molecule has 3 rings (SSSR count). The Morgan fingerprint density at radius 1 is 1.41 bits per heavy atom. The van der Waals surface area contributed by atoms with Crippen LogP contribution in [-0.2, 0) is 11.2 Å². The van der Waals surface area contributed by atoms with Crippen LogP contribution in [0.4, 0.5) is 0 Å². The van der Waals surface area contributed by atoms with Gasteiger partial charge in [0.15, 0.2) is 5.82 Å². The number of nitrogens with zero attached hydrogens (tertiary/aromatic N) is 3. The van der Waals surface area contributed by atoms with Crippen molar-refractivity contribution in [2.75, 3.05) is 14.2 Å². The molecule has 2 aromatic rings. The highest BCUT2D eigenvalue weighted by Crippen LogP contribution is 2.29. The van der Waals surface area contributed by atoms with Crippen molar-refractivity contribution in [3.8, 4) is 5.75 Å². The van der Waals surface area contributed by atoms with Gasteiger partial charge in [-0.15, -0.1) is 0 Å². The fourth-order valence-corrected chi connectivity index (χ4v) is 2.77. The normalized spacial score (nSPS) is 18.5. The fourth-order valence-electron chi connectivity index (χ4n) is 2.77. The van der Waals surface area contributed by atoms with Crippen molar-refractivity contribution < 1.29 is 14.1 Å². The molecule has 1 amide bonds. The summed E-state index contributed by atoms with van der Waals surface area (Å²) in [6.07, 6.45) is 2.85. The van der Waals surface area contributed by atoms with Gasteiger partial charge in [-0.1, -0.05) is 23.4 Å². The van der Waals surface area contributed by atoms with Crippen molar-refractivity contribution in [2.45, 2.75) is 31.7 Å².